The van der Waals surface area contributed by atoms with Crippen LogP contribution in [0.2, 0.25) is 0 Å². The summed E-state index contributed by atoms with van der Waals surface area (Å²) in [6.45, 7) is 6.27. The maximum absolute atomic E-state index is 11.1. The van der Waals surface area contributed by atoms with Crippen LogP contribution in [0.3, 0.4) is 0 Å². The summed E-state index contributed by atoms with van der Waals surface area (Å²) in [7, 11) is 0. The van der Waals surface area contributed by atoms with Crippen molar-refractivity contribution >= 4 is 0 Å². The van der Waals surface area contributed by atoms with Crippen molar-refractivity contribution in [3.05, 3.63) is 45.9 Å². The van der Waals surface area contributed by atoms with Crippen LogP contribution < -0.4 is 5.56 Å². The van der Waals surface area contributed by atoms with E-state index in [2.05, 4.69) is 24.9 Å². The van der Waals surface area contributed by atoms with Gasteiger partial charge >= 0.3 is 0 Å². The van der Waals surface area contributed by atoms with Crippen molar-refractivity contribution in [1.29, 1.82) is 0 Å². The molecule has 1 N–H and O–H groups in total. The van der Waals surface area contributed by atoms with Gasteiger partial charge in [0.15, 0.2) is 0 Å². The zero-order chi connectivity index (χ0) is 10.6. The minimum Gasteiger partial charge on any atom is -0.326 e. The molecule has 0 saturated heterocycles. The molecule has 2 heteroatoms. The molecule has 0 amide bonds. The van der Waals surface area contributed by atoms with E-state index in [9.17, 15) is 4.79 Å². The Kier molecular flexibility index (Phi) is 3.69. The van der Waals surface area contributed by atoms with Gasteiger partial charge in [0, 0.05) is 11.8 Å². The summed E-state index contributed by atoms with van der Waals surface area (Å²) >= 11 is 0. The normalized spacial score (nSPS) is 14.1. The predicted molar refractivity (Wildman–Crippen MR) is 59.5 cm³/mol. The van der Waals surface area contributed by atoms with E-state index in [0.29, 0.717) is 5.92 Å². The van der Waals surface area contributed by atoms with Crippen LogP contribution in [0.1, 0.15) is 38.8 Å². The van der Waals surface area contributed by atoms with Crippen molar-refractivity contribution in [3.63, 3.8) is 0 Å². The summed E-state index contributed by atoms with van der Waals surface area (Å²) in [5.41, 5.74) is 2.34. The highest BCUT2D eigenvalue weighted by atomic mass is 16.1. The van der Waals surface area contributed by atoms with Gasteiger partial charge in [0.1, 0.15) is 0 Å². The van der Waals surface area contributed by atoms with Gasteiger partial charge in [-0.1, -0.05) is 24.6 Å². The van der Waals surface area contributed by atoms with Gasteiger partial charge in [0.25, 0.3) is 0 Å². The topological polar surface area (TPSA) is 32.9 Å². The number of nitrogens with one attached hydrogen (secondary N) is 1. The molecule has 0 aliphatic heterocycles. The average molecular weight is 191 g/mol. The van der Waals surface area contributed by atoms with E-state index in [4.69, 9.17) is 0 Å². The molecule has 2 nitrogen and oxygen atoms in total. The third-order valence-corrected chi connectivity index (χ3v) is 2.44. The first-order chi connectivity index (χ1) is 6.63. The summed E-state index contributed by atoms with van der Waals surface area (Å²) < 4.78 is 0. The third-order valence-electron chi connectivity index (χ3n) is 2.44. The van der Waals surface area contributed by atoms with Crippen LogP contribution in [0.15, 0.2) is 34.6 Å². The Morgan fingerprint density at radius 1 is 1.57 bits per heavy atom. The minimum atomic E-state index is -0.0209. The fourth-order valence-corrected chi connectivity index (χ4v) is 1.46. The molecule has 1 heterocycles. The lowest BCUT2D eigenvalue weighted by Gasteiger charge is -2.11. The first-order valence-electron chi connectivity index (χ1n) is 4.94. The number of hydrogen-bond acceptors (Lipinski definition) is 1. The Bertz CT molecular complexity index is 376. The fraction of sp³-hybridized carbons (Fsp3) is 0.417. The zero-order valence-corrected chi connectivity index (χ0v) is 9.00. The Labute approximate surface area is 84.7 Å². The van der Waals surface area contributed by atoms with Gasteiger partial charge in [-0.3, -0.25) is 4.79 Å². The van der Waals surface area contributed by atoms with E-state index in [0.717, 1.165) is 12.1 Å². The molecular weight excluding hydrogens is 174 g/mol. The smallest absolute Gasteiger partial charge is 0.248 e. The van der Waals surface area contributed by atoms with Crippen LogP contribution in [0, 0.1) is 0 Å². The van der Waals surface area contributed by atoms with Gasteiger partial charge in [0.2, 0.25) is 5.56 Å². The molecule has 0 spiro atoms. The van der Waals surface area contributed by atoms with E-state index in [1.54, 1.807) is 12.1 Å². The van der Waals surface area contributed by atoms with E-state index >= 15 is 0 Å². The number of pyridine rings is 1. The van der Waals surface area contributed by atoms with Crippen molar-refractivity contribution in [3.8, 4) is 0 Å². The van der Waals surface area contributed by atoms with Gasteiger partial charge in [-0.25, -0.2) is 0 Å². The Morgan fingerprint density at radius 3 is 2.86 bits per heavy atom. The molecule has 0 aromatic carbocycles. The molecule has 0 bridgehead atoms. The molecule has 76 valence electrons. The first kappa shape index (κ1) is 10.8. The first-order valence-corrected chi connectivity index (χ1v) is 4.94. The highest BCUT2D eigenvalue weighted by Crippen LogP contribution is 2.19. The van der Waals surface area contributed by atoms with E-state index in [1.165, 1.54) is 5.57 Å². The second-order valence-electron chi connectivity index (χ2n) is 3.71. The Balaban J connectivity index is 2.79. The quantitative estimate of drug-likeness (QED) is 0.732. The highest BCUT2D eigenvalue weighted by Gasteiger charge is 2.05. The molecule has 1 rings (SSSR count). The Hall–Kier alpha value is -1.31. The van der Waals surface area contributed by atoms with Crippen LogP contribution in [-0.4, -0.2) is 4.98 Å². The number of aromatic amines is 1. The lowest BCUT2D eigenvalue weighted by Crippen LogP contribution is -2.08. The van der Waals surface area contributed by atoms with Gasteiger partial charge in [-0.2, -0.15) is 0 Å². The van der Waals surface area contributed by atoms with Crippen molar-refractivity contribution in [2.24, 2.45) is 0 Å². The molecule has 1 atom stereocenters. The standard InChI is InChI=1S/C12H17NO/c1-4-9(2)8-10(3)11-6-5-7-12(14)13-11/h4-7,10H,8H2,1-3H3,(H,13,14). The van der Waals surface area contributed by atoms with Crippen molar-refractivity contribution < 1.29 is 0 Å². The highest BCUT2D eigenvalue weighted by molar-refractivity contribution is 5.12. The SMILES string of the molecule is CC=C(C)CC(C)c1cccc(=O)[nH]1. The van der Waals surface area contributed by atoms with Crippen LogP contribution >= 0.6 is 0 Å². The van der Waals surface area contributed by atoms with Crippen LogP contribution in [-0.2, 0) is 0 Å². The van der Waals surface area contributed by atoms with Crippen LogP contribution in [0.25, 0.3) is 0 Å². The van der Waals surface area contributed by atoms with Crippen LogP contribution in [0.4, 0.5) is 0 Å². The minimum absolute atomic E-state index is 0.0209. The van der Waals surface area contributed by atoms with Gasteiger partial charge in [0.05, 0.1) is 0 Å². The lowest BCUT2D eigenvalue weighted by atomic mass is 9.98. The zero-order valence-electron chi connectivity index (χ0n) is 9.00. The Morgan fingerprint density at radius 2 is 2.29 bits per heavy atom. The van der Waals surface area contributed by atoms with Crippen LogP contribution in [0.5, 0.6) is 0 Å². The maximum atomic E-state index is 11.1. The predicted octanol–water partition coefficient (Wildman–Crippen LogP) is 2.83. The second-order valence-corrected chi connectivity index (χ2v) is 3.71. The van der Waals surface area contributed by atoms with Crippen molar-refractivity contribution in [2.45, 2.75) is 33.1 Å². The van der Waals surface area contributed by atoms with E-state index in [-0.39, 0.29) is 5.56 Å². The van der Waals surface area contributed by atoms with Gasteiger partial charge < -0.3 is 4.98 Å². The van der Waals surface area contributed by atoms with Gasteiger partial charge in [-0.05, 0) is 32.3 Å². The molecule has 1 unspecified atom stereocenters. The summed E-state index contributed by atoms with van der Waals surface area (Å²) in [5.74, 6) is 0.375. The molecule has 1 aromatic rings. The molecule has 14 heavy (non-hydrogen) atoms. The number of H-pyrrole nitrogens is 1. The number of rotatable bonds is 3. The summed E-state index contributed by atoms with van der Waals surface area (Å²) in [6.07, 6.45) is 3.11. The molecule has 0 saturated carbocycles. The molecule has 0 fully saturated rings. The summed E-state index contributed by atoms with van der Waals surface area (Å²) in [6, 6.07) is 5.31. The number of allylic oxidation sites excluding steroid dienone is 2. The third kappa shape index (κ3) is 2.87. The molecule has 0 radical (unpaired) electrons. The summed E-state index contributed by atoms with van der Waals surface area (Å²) in [5, 5.41) is 0. The number of hydrogen-bond donors (Lipinski definition) is 1. The molecule has 1 aromatic heterocycles. The second kappa shape index (κ2) is 4.80. The summed E-state index contributed by atoms with van der Waals surface area (Å²) in [4.78, 5) is 13.9. The maximum Gasteiger partial charge on any atom is 0.248 e. The van der Waals surface area contributed by atoms with E-state index in [1.807, 2.05) is 13.0 Å². The molecule has 0 aliphatic carbocycles. The van der Waals surface area contributed by atoms with E-state index < -0.39 is 0 Å². The van der Waals surface area contributed by atoms with Gasteiger partial charge in [-0.15, -0.1) is 0 Å². The monoisotopic (exact) mass is 191 g/mol. The molecular formula is C12H17NO. The lowest BCUT2D eigenvalue weighted by molar-refractivity contribution is 0.720. The van der Waals surface area contributed by atoms with Crippen molar-refractivity contribution in [1.82, 2.24) is 4.98 Å². The van der Waals surface area contributed by atoms with Crippen molar-refractivity contribution in [2.75, 3.05) is 0 Å². The largest absolute Gasteiger partial charge is 0.326 e. The molecule has 0 aliphatic rings. The fourth-order valence-electron chi connectivity index (χ4n) is 1.46. The number of aromatic nitrogens is 1. The average Bonchev–Trinajstić information content (AvgIpc) is 2.17.